The highest BCUT2D eigenvalue weighted by Gasteiger charge is 2.54. The zero-order valence-corrected chi connectivity index (χ0v) is 8.66. The normalized spacial score (nSPS) is 37.3. The van der Waals surface area contributed by atoms with Crippen LogP contribution in [0.2, 0.25) is 0 Å². The molecule has 3 atom stereocenters. The molecule has 3 unspecified atom stereocenters. The van der Waals surface area contributed by atoms with Gasteiger partial charge in [0.25, 0.3) is 0 Å². The van der Waals surface area contributed by atoms with Crippen molar-refractivity contribution in [3.05, 3.63) is 0 Å². The lowest BCUT2D eigenvalue weighted by Gasteiger charge is -2.21. The smallest absolute Gasteiger partial charge is 0.227 e. The topological polar surface area (TPSA) is 23.6 Å². The second-order valence-electron chi connectivity index (χ2n) is 4.37. The molecule has 2 fully saturated rings. The Hall–Kier alpha value is -0.570. The van der Waals surface area contributed by atoms with Crippen molar-refractivity contribution in [2.24, 2.45) is 11.8 Å². The van der Waals surface area contributed by atoms with E-state index in [0.29, 0.717) is 17.7 Å². The number of amides is 1. The molecule has 0 aromatic rings. The van der Waals surface area contributed by atoms with Crippen molar-refractivity contribution >= 4 is 5.91 Å². The lowest BCUT2D eigenvalue weighted by atomic mass is 10.0. The van der Waals surface area contributed by atoms with Crippen molar-refractivity contribution in [2.45, 2.75) is 19.4 Å². The van der Waals surface area contributed by atoms with Crippen LogP contribution in [0.15, 0.2) is 0 Å². The summed E-state index contributed by atoms with van der Waals surface area (Å²) in [5, 5.41) is 0. The summed E-state index contributed by atoms with van der Waals surface area (Å²) >= 11 is 0. The SMILES string of the molecule is CCN(C)C(=O)C1CN(C)C2CC12. The van der Waals surface area contributed by atoms with Crippen LogP contribution in [0.25, 0.3) is 0 Å². The van der Waals surface area contributed by atoms with Gasteiger partial charge in [0.2, 0.25) is 5.91 Å². The molecule has 0 spiro atoms. The Morgan fingerprint density at radius 3 is 2.69 bits per heavy atom. The van der Waals surface area contributed by atoms with Crippen LogP contribution in [0, 0.1) is 11.8 Å². The lowest BCUT2D eigenvalue weighted by Crippen LogP contribution is -2.36. The average Bonchev–Trinajstić information content (AvgIpc) is 2.85. The standard InChI is InChI=1S/C10H18N2O/c1-4-11(2)10(13)8-6-12(3)9-5-7(8)9/h7-9H,4-6H2,1-3H3. The maximum atomic E-state index is 11.9. The van der Waals surface area contributed by atoms with Gasteiger partial charge in [0.15, 0.2) is 0 Å². The minimum Gasteiger partial charge on any atom is -0.346 e. The summed E-state index contributed by atoms with van der Waals surface area (Å²) in [6.45, 7) is 3.83. The third-order valence-electron chi connectivity index (χ3n) is 3.54. The number of hydrogen-bond donors (Lipinski definition) is 0. The van der Waals surface area contributed by atoms with Gasteiger partial charge in [0.1, 0.15) is 0 Å². The largest absolute Gasteiger partial charge is 0.346 e. The summed E-state index contributed by atoms with van der Waals surface area (Å²) in [4.78, 5) is 16.0. The number of likely N-dealkylation sites (tertiary alicyclic amines) is 1. The van der Waals surface area contributed by atoms with Gasteiger partial charge in [0.05, 0.1) is 5.92 Å². The van der Waals surface area contributed by atoms with Gasteiger partial charge < -0.3 is 9.80 Å². The molecule has 0 radical (unpaired) electrons. The van der Waals surface area contributed by atoms with Crippen LogP contribution >= 0.6 is 0 Å². The molecule has 13 heavy (non-hydrogen) atoms. The molecule has 2 rings (SSSR count). The van der Waals surface area contributed by atoms with Crippen LogP contribution in [0.5, 0.6) is 0 Å². The van der Waals surface area contributed by atoms with E-state index in [4.69, 9.17) is 0 Å². The fraction of sp³-hybridized carbons (Fsp3) is 0.900. The van der Waals surface area contributed by atoms with E-state index in [9.17, 15) is 4.79 Å². The van der Waals surface area contributed by atoms with Crippen LogP contribution in [0.3, 0.4) is 0 Å². The Morgan fingerprint density at radius 2 is 2.31 bits per heavy atom. The molecule has 74 valence electrons. The molecule has 1 saturated heterocycles. The van der Waals surface area contributed by atoms with E-state index in [2.05, 4.69) is 11.9 Å². The first-order chi connectivity index (χ1) is 6.15. The fourth-order valence-corrected chi connectivity index (χ4v) is 2.42. The Balaban J connectivity index is 1.98. The van der Waals surface area contributed by atoms with Crippen LogP contribution in [0.4, 0.5) is 0 Å². The number of rotatable bonds is 2. The summed E-state index contributed by atoms with van der Waals surface area (Å²) in [7, 11) is 4.03. The molecular weight excluding hydrogens is 164 g/mol. The molecule has 2 aliphatic rings. The third kappa shape index (κ3) is 1.35. The molecule has 0 N–H and O–H groups in total. The number of fused-ring (bicyclic) bond motifs is 1. The van der Waals surface area contributed by atoms with Crippen LogP contribution in [0.1, 0.15) is 13.3 Å². The molecule has 1 saturated carbocycles. The van der Waals surface area contributed by atoms with E-state index in [1.807, 2.05) is 18.9 Å². The third-order valence-corrected chi connectivity index (χ3v) is 3.54. The lowest BCUT2D eigenvalue weighted by molar-refractivity contribution is -0.134. The van der Waals surface area contributed by atoms with Crippen molar-refractivity contribution in [1.29, 1.82) is 0 Å². The van der Waals surface area contributed by atoms with Crippen molar-refractivity contribution < 1.29 is 4.79 Å². The zero-order valence-electron chi connectivity index (χ0n) is 8.66. The summed E-state index contributed by atoms with van der Waals surface area (Å²) < 4.78 is 0. The highest BCUT2D eigenvalue weighted by molar-refractivity contribution is 5.80. The monoisotopic (exact) mass is 182 g/mol. The van der Waals surface area contributed by atoms with Crippen molar-refractivity contribution in [1.82, 2.24) is 9.80 Å². The molecule has 3 heteroatoms. The van der Waals surface area contributed by atoms with Crippen molar-refractivity contribution in [3.8, 4) is 0 Å². The number of carbonyl (C=O) groups excluding carboxylic acids is 1. The van der Waals surface area contributed by atoms with Crippen molar-refractivity contribution in [2.75, 3.05) is 27.2 Å². The van der Waals surface area contributed by atoms with E-state index in [-0.39, 0.29) is 0 Å². The van der Waals surface area contributed by atoms with Gasteiger partial charge in [-0.15, -0.1) is 0 Å². The van der Waals surface area contributed by atoms with E-state index in [1.54, 1.807) is 0 Å². The Labute approximate surface area is 79.7 Å². The predicted molar refractivity (Wildman–Crippen MR) is 51.3 cm³/mol. The van der Waals surface area contributed by atoms with Gasteiger partial charge >= 0.3 is 0 Å². The molecular formula is C10H18N2O. The minimum absolute atomic E-state index is 0.292. The molecule has 0 bridgehead atoms. The van der Waals surface area contributed by atoms with Crippen molar-refractivity contribution in [3.63, 3.8) is 0 Å². The fourth-order valence-electron chi connectivity index (χ4n) is 2.42. The van der Waals surface area contributed by atoms with Crippen LogP contribution < -0.4 is 0 Å². The summed E-state index contributed by atoms with van der Waals surface area (Å²) in [5.41, 5.74) is 0. The first-order valence-electron chi connectivity index (χ1n) is 5.10. The number of piperidine rings is 1. The number of nitrogens with zero attached hydrogens (tertiary/aromatic N) is 2. The van der Waals surface area contributed by atoms with Gasteiger partial charge in [-0.05, 0) is 26.3 Å². The first kappa shape index (κ1) is 9.00. The summed E-state index contributed by atoms with van der Waals surface area (Å²) in [5.74, 6) is 1.31. The molecule has 1 aliphatic heterocycles. The zero-order chi connectivity index (χ0) is 9.59. The van der Waals surface area contributed by atoms with Gasteiger partial charge in [-0.1, -0.05) is 0 Å². The molecule has 3 nitrogen and oxygen atoms in total. The molecule has 0 aromatic heterocycles. The minimum atomic E-state index is 0.292. The van der Waals surface area contributed by atoms with E-state index < -0.39 is 0 Å². The average molecular weight is 182 g/mol. The second kappa shape index (κ2) is 2.98. The Morgan fingerprint density at radius 1 is 1.62 bits per heavy atom. The highest BCUT2D eigenvalue weighted by Crippen LogP contribution is 2.47. The second-order valence-corrected chi connectivity index (χ2v) is 4.37. The molecule has 0 aromatic carbocycles. The maximum Gasteiger partial charge on any atom is 0.227 e. The van der Waals surface area contributed by atoms with Gasteiger partial charge in [-0.2, -0.15) is 0 Å². The number of hydrogen-bond acceptors (Lipinski definition) is 2. The highest BCUT2D eigenvalue weighted by atomic mass is 16.2. The first-order valence-corrected chi connectivity index (χ1v) is 5.10. The Bertz CT molecular complexity index is 229. The van der Waals surface area contributed by atoms with Crippen LogP contribution in [-0.2, 0) is 4.79 Å². The van der Waals surface area contributed by atoms with Gasteiger partial charge in [-0.3, -0.25) is 4.79 Å². The van der Waals surface area contributed by atoms with Gasteiger partial charge in [0, 0.05) is 26.2 Å². The van der Waals surface area contributed by atoms with Crippen LogP contribution in [-0.4, -0.2) is 48.9 Å². The predicted octanol–water partition coefficient (Wildman–Crippen LogP) is 0.415. The van der Waals surface area contributed by atoms with E-state index >= 15 is 0 Å². The Kier molecular flexibility index (Phi) is 2.06. The molecule has 1 heterocycles. The summed E-state index contributed by atoms with van der Waals surface area (Å²) in [6.07, 6.45) is 1.24. The van der Waals surface area contributed by atoms with E-state index in [1.165, 1.54) is 6.42 Å². The maximum absolute atomic E-state index is 11.9. The van der Waals surface area contributed by atoms with Gasteiger partial charge in [-0.25, -0.2) is 0 Å². The molecule has 1 amide bonds. The van der Waals surface area contributed by atoms with E-state index in [0.717, 1.165) is 19.1 Å². The molecule has 1 aliphatic carbocycles. The summed E-state index contributed by atoms with van der Waals surface area (Å²) in [6, 6.07) is 0.721. The quantitative estimate of drug-likeness (QED) is 0.617. The number of carbonyl (C=O) groups is 1.